The minimum absolute atomic E-state index is 0.0359. The number of nitrogens with zero attached hydrogens (tertiary/aromatic N) is 4. The fraction of sp³-hybridized carbons (Fsp3) is 0.577. The monoisotopic (exact) mass is 537 g/mol. The predicted molar refractivity (Wildman–Crippen MR) is 124 cm³/mol. The molecule has 0 spiro atoms. The molecule has 1 saturated heterocycles. The van der Waals surface area contributed by atoms with Gasteiger partial charge in [-0.25, -0.2) is 0 Å². The number of hydrogen-bond donors (Lipinski definition) is 1. The van der Waals surface area contributed by atoms with E-state index in [0.717, 1.165) is 44.6 Å². The van der Waals surface area contributed by atoms with E-state index in [1.165, 1.54) is 29.3 Å². The summed E-state index contributed by atoms with van der Waals surface area (Å²) in [4.78, 5) is 5.41. The largest absolute Gasteiger partial charge is 0.424 e. The Bertz CT molecular complexity index is 1430. The van der Waals surface area contributed by atoms with Crippen LogP contribution in [0.25, 0.3) is 10.9 Å². The molecule has 202 valence electrons. The first-order chi connectivity index (χ1) is 17.8. The highest BCUT2D eigenvalue weighted by Gasteiger charge is 2.86. The van der Waals surface area contributed by atoms with E-state index in [9.17, 15) is 26.3 Å². The summed E-state index contributed by atoms with van der Waals surface area (Å²) in [7, 11) is 0. The van der Waals surface area contributed by atoms with Crippen molar-refractivity contribution in [2.24, 2.45) is 11.1 Å². The second-order valence-corrected chi connectivity index (χ2v) is 11.8. The van der Waals surface area contributed by atoms with Crippen LogP contribution < -0.4 is 10.6 Å². The molecule has 2 aromatic heterocycles. The second-order valence-electron chi connectivity index (χ2n) is 11.8. The van der Waals surface area contributed by atoms with Crippen molar-refractivity contribution in [1.29, 1.82) is 0 Å². The summed E-state index contributed by atoms with van der Waals surface area (Å²) in [5, 5.41) is 8.59. The van der Waals surface area contributed by atoms with E-state index in [0.29, 0.717) is 5.89 Å². The van der Waals surface area contributed by atoms with Gasteiger partial charge in [0, 0.05) is 41.3 Å². The number of piperidine rings is 1. The van der Waals surface area contributed by atoms with Gasteiger partial charge in [0.1, 0.15) is 5.41 Å². The van der Waals surface area contributed by atoms with Gasteiger partial charge in [-0.3, -0.25) is 4.98 Å². The fourth-order valence-electron chi connectivity index (χ4n) is 7.40. The minimum Gasteiger partial charge on any atom is -0.424 e. The van der Waals surface area contributed by atoms with E-state index in [-0.39, 0.29) is 46.4 Å². The summed E-state index contributed by atoms with van der Waals surface area (Å²) in [5.74, 6) is 0.348. The van der Waals surface area contributed by atoms with Gasteiger partial charge >= 0.3 is 12.4 Å². The number of aromatic nitrogens is 3. The van der Waals surface area contributed by atoms with Crippen LogP contribution in [0.3, 0.4) is 0 Å². The van der Waals surface area contributed by atoms with Crippen LogP contribution in [0.15, 0.2) is 34.9 Å². The van der Waals surface area contributed by atoms with Gasteiger partial charge in [0.25, 0.3) is 0 Å². The average Bonchev–Trinajstić information content (AvgIpc) is 3.19. The van der Waals surface area contributed by atoms with Crippen molar-refractivity contribution in [3.8, 4) is 0 Å². The molecule has 0 radical (unpaired) electrons. The third kappa shape index (κ3) is 3.09. The highest BCUT2D eigenvalue weighted by atomic mass is 19.4. The summed E-state index contributed by atoms with van der Waals surface area (Å²) in [6, 6.07) is 5.05. The average molecular weight is 538 g/mol. The van der Waals surface area contributed by atoms with Gasteiger partial charge in [-0.05, 0) is 69.2 Å². The molecule has 3 aromatic rings. The highest BCUT2D eigenvalue weighted by molar-refractivity contribution is 5.94. The lowest BCUT2D eigenvalue weighted by Gasteiger charge is -2.49. The molecule has 3 heterocycles. The van der Waals surface area contributed by atoms with Crippen LogP contribution in [0, 0.1) is 5.41 Å². The molecule has 0 amide bonds. The number of benzene rings is 1. The molecule has 0 unspecified atom stereocenters. The Kier molecular flexibility index (Phi) is 4.57. The summed E-state index contributed by atoms with van der Waals surface area (Å²) in [6.45, 7) is -0.507. The van der Waals surface area contributed by atoms with E-state index in [1.807, 2.05) is 0 Å². The summed E-state index contributed by atoms with van der Waals surface area (Å²) in [5.41, 5.74) is 1.35. The van der Waals surface area contributed by atoms with Crippen LogP contribution in [0.1, 0.15) is 62.3 Å². The summed E-state index contributed by atoms with van der Waals surface area (Å²) >= 11 is 0. The van der Waals surface area contributed by atoms with Crippen molar-refractivity contribution in [2.75, 3.05) is 18.0 Å². The van der Waals surface area contributed by atoms with E-state index in [4.69, 9.17) is 10.2 Å². The van der Waals surface area contributed by atoms with Gasteiger partial charge in [-0.1, -0.05) is 0 Å². The zero-order chi connectivity index (χ0) is 26.8. The molecule has 2 N–H and O–H groups in total. The minimum atomic E-state index is -4.64. The number of pyridine rings is 1. The topological polar surface area (TPSA) is 81.1 Å². The zero-order valence-corrected chi connectivity index (χ0v) is 20.3. The zero-order valence-electron chi connectivity index (χ0n) is 20.3. The lowest BCUT2D eigenvalue weighted by atomic mass is 9.57. The molecule has 6 nitrogen and oxygen atoms in total. The number of fused-ring (bicyclic) bond motifs is 5. The normalized spacial score (nSPS) is 34.7. The molecule has 2 atom stereocenters. The van der Waals surface area contributed by atoms with Gasteiger partial charge in [0.2, 0.25) is 11.8 Å². The highest BCUT2D eigenvalue weighted by Crippen LogP contribution is 2.75. The Morgan fingerprint density at radius 3 is 2.21 bits per heavy atom. The lowest BCUT2D eigenvalue weighted by molar-refractivity contribution is -0.187. The van der Waals surface area contributed by atoms with Crippen LogP contribution >= 0.6 is 0 Å². The van der Waals surface area contributed by atoms with Gasteiger partial charge in [0.15, 0.2) is 0 Å². The van der Waals surface area contributed by atoms with Gasteiger partial charge in [-0.15, -0.1) is 10.2 Å². The van der Waals surface area contributed by atoms with Gasteiger partial charge < -0.3 is 15.1 Å². The quantitative estimate of drug-likeness (QED) is 0.435. The van der Waals surface area contributed by atoms with Crippen molar-refractivity contribution in [3.05, 3.63) is 47.8 Å². The fourth-order valence-corrected chi connectivity index (χ4v) is 7.40. The van der Waals surface area contributed by atoms with Crippen molar-refractivity contribution in [2.45, 2.75) is 73.7 Å². The molecule has 12 heteroatoms. The Hall–Kier alpha value is -2.89. The maximum Gasteiger partial charge on any atom is 0.418 e. The Morgan fingerprint density at radius 1 is 0.868 bits per heavy atom. The number of hydrogen-bond acceptors (Lipinski definition) is 6. The molecule has 2 bridgehead atoms. The van der Waals surface area contributed by atoms with Crippen molar-refractivity contribution < 1.29 is 30.8 Å². The standard InChI is InChI=1S/C26H25F6N5O/c27-25(28,29)16-3-4-17(15-2-1-11-34-18(15)16)37-13-23(12-24(23,14-37)26(30,31)32)20-36-35-19(38-20)21-5-8-22(33,9-6-21)10-7-21/h1-4,11H,5-10,12-14,33H2/t21?,22?,23-,24-/m0/s1. The molecular formula is C26H25F6N5O. The van der Waals surface area contributed by atoms with Gasteiger partial charge in [-0.2, -0.15) is 26.3 Å². The van der Waals surface area contributed by atoms with E-state index in [1.54, 1.807) is 0 Å². The van der Waals surface area contributed by atoms with Crippen molar-refractivity contribution >= 4 is 16.6 Å². The molecule has 4 saturated carbocycles. The number of anilines is 1. The maximum atomic E-state index is 14.6. The first-order valence-electron chi connectivity index (χ1n) is 12.7. The first kappa shape index (κ1) is 24.2. The molecule has 38 heavy (non-hydrogen) atoms. The number of rotatable bonds is 3. The lowest BCUT2D eigenvalue weighted by Crippen LogP contribution is -2.53. The number of alkyl halides is 6. The van der Waals surface area contributed by atoms with E-state index >= 15 is 0 Å². The third-order valence-corrected chi connectivity index (χ3v) is 9.84. The summed E-state index contributed by atoms with van der Waals surface area (Å²) in [6.07, 6.45) is -3.44. The SMILES string of the molecule is NC12CCC(c3nnc([C@]45CN(c6ccc(C(F)(F)F)c7ncccc67)C[C@@]4(C(F)(F)F)C5)o3)(CC1)CC2. The van der Waals surface area contributed by atoms with Crippen LogP contribution in [-0.4, -0.2) is 40.0 Å². The van der Waals surface area contributed by atoms with Crippen LogP contribution in [0.4, 0.5) is 32.0 Å². The smallest absolute Gasteiger partial charge is 0.418 e. The molecule has 5 fully saturated rings. The van der Waals surface area contributed by atoms with Crippen LogP contribution in [0.2, 0.25) is 0 Å². The molecule has 5 aliphatic rings. The predicted octanol–water partition coefficient (Wildman–Crippen LogP) is 5.65. The Morgan fingerprint density at radius 2 is 1.55 bits per heavy atom. The number of halogens is 6. The van der Waals surface area contributed by atoms with Gasteiger partial charge in [0.05, 0.1) is 16.5 Å². The maximum absolute atomic E-state index is 14.6. The van der Waals surface area contributed by atoms with E-state index < -0.39 is 35.3 Å². The first-order valence-corrected chi connectivity index (χ1v) is 12.7. The summed E-state index contributed by atoms with van der Waals surface area (Å²) < 4.78 is 90.7. The Labute approximate surface area is 213 Å². The Balaban J connectivity index is 1.27. The van der Waals surface area contributed by atoms with E-state index in [2.05, 4.69) is 15.2 Å². The van der Waals surface area contributed by atoms with Crippen LogP contribution in [-0.2, 0) is 17.0 Å². The van der Waals surface area contributed by atoms with Crippen molar-refractivity contribution in [1.82, 2.24) is 15.2 Å². The van der Waals surface area contributed by atoms with Crippen LogP contribution in [0.5, 0.6) is 0 Å². The molecule has 1 aromatic carbocycles. The molecular weight excluding hydrogens is 512 g/mol. The van der Waals surface area contributed by atoms with Crippen molar-refractivity contribution in [3.63, 3.8) is 0 Å². The molecule has 1 aliphatic heterocycles. The third-order valence-electron chi connectivity index (χ3n) is 9.84. The number of nitrogens with two attached hydrogens (primary N) is 1. The molecule has 8 rings (SSSR count). The molecule has 4 aliphatic carbocycles. The second kappa shape index (κ2) is 7.19.